The molecule has 0 spiro atoms. The Balaban J connectivity index is 0.000000606. The van der Waals surface area contributed by atoms with Gasteiger partial charge in [-0.1, -0.05) is 51.8 Å². The largest absolute Gasteiger partial charge is 0.298 e. The number of hydrogen-bond acceptors (Lipinski definition) is 1. The molecule has 16 heavy (non-hydrogen) atoms. The molecule has 0 saturated carbocycles. The molecule has 1 aliphatic rings. The van der Waals surface area contributed by atoms with Gasteiger partial charge in [0.05, 0.1) is 5.03 Å². The van der Waals surface area contributed by atoms with Crippen molar-refractivity contribution in [2.75, 3.05) is 5.83 Å². The van der Waals surface area contributed by atoms with E-state index in [9.17, 15) is 4.79 Å². The number of alkyl halides is 1. The van der Waals surface area contributed by atoms with Gasteiger partial charge in [-0.2, -0.15) is 0 Å². The van der Waals surface area contributed by atoms with Gasteiger partial charge in [-0.25, -0.2) is 0 Å². The summed E-state index contributed by atoms with van der Waals surface area (Å²) in [6, 6.07) is 8.02. The Morgan fingerprint density at radius 2 is 1.94 bits per heavy atom. The summed E-state index contributed by atoms with van der Waals surface area (Å²) in [7, 11) is 0. The number of carbonyl (C=O) groups excluding carboxylic acids is 1. The van der Waals surface area contributed by atoms with Crippen LogP contribution in [0, 0.1) is 0 Å². The molecule has 1 aromatic carbocycles. The molecule has 2 rings (SSSR count). The predicted molar refractivity (Wildman–Crippen MR) is 73.1 cm³/mol. The predicted octanol–water partition coefficient (Wildman–Crippen LogP) is 4.18. The summed E-state index contributed by atoms with van der Waals surface area (Å²) in [4.78, 5) is 10.8. The van der Waals surface area contributed by atoms with Gasteiger partial charge in [0.2, 0.25) is 0 Å². The minimum Gasteiger partial charge on any atom is -0.298 e. The number of fused-ring (bicyclic) bond motifs is 1. The third-order valence-corrected chi connectivity index (χ3v) is 3.02. The first-order valence-electron chi connectivity index (χ1n) is 5.13. The first-order chi connectivity index (χ1) is 7.83. The maximum atomic E-state index is 10.8. The fraction of sp³-hybridized carbons (Fsp3) is 0.308. The van der Waals surface area contributed by atoms with Crippen molar-refractivity contribution < 1.29 is 4.79 Å². The van der Waals surface area contributed by atoms with Crippen molar-refractivity contribution in [3.05, 3.63) is 41.0 Å². The number of aldehydes is 1. The average Bonchev–Trinajstić information content (AvgIpc) is 2.52. The van der Waals surface area contributed by atoms with Crippen LogP contribution in [-0.4, -0.2) is 12.1 Å². The zero-order chi connectivity index (χ0) is 12.0. The van der Waals surface area contributed by atoms with Crippen LogP contribution >= 0.6 is 27.5 Å². The maximum Gasteiger partial charge on any atom is 0.147 e. The second kappa shape index (κ2) is 6.87. The minimum absolute atomic E-state index is 0.633. The van der Waals surface area contributed by atoms with E-state index >= 15 is 0 Å². The normalized spacial score (nSPS) is 14.4. The smallest absolute Gasteiger partial charge is 0.147 e. The van der Waals surface area contributed by atoms with Gasteiger partial charge < -0.3 is 0 Å². The van der Waals surface area contributed by atoms with Crippen LogP contribution in [0.2, 0.25) is 0 Å². The van der Waals surface area contributed by atoms with E-state index in [1.807, 2.05) is 24.0 Å². The lowest BCUT2D eigenvalue weighted by Gasteiger charge is -2.04. The topological polar surface area (TPSA) is 17.1 Å². The molecule has 0 radical (unpaired) electrons. The fourth-order valence-corrected chi connectivity index (χ4v) is 2.14. The van der Waals surface area contributed by atoms with Gasteiger partial charge in [0.1, 0.15) is 6.29 Å². The number of carbonyl (C=O) groups is 1. The summed E-state index contributed by atoms with van der Waals surface area (Å²) in [6.07, 6.45) is 3.67. The van der Waals surface area contributed by atoms with Crippen LogP contribution in [-0.2, 0) is 11.2 Å². The molecular formula is C13H14BrClO. The molecule has 3 heteroatoms. The van der Waals surface area contributed by atoms with Crippen molar-refractivity contribution in [1.29, 1.82) is 0 Å². The Morgan fingerprint density at radius 3 is 2.62 bits per heavy atom. The van der Waals surface area contributed by atoms with E-state index < -0.39 is 0 Å². The molecule has 0 bridgehead atoms. The highest BCUT2D eigenvalue weighted by atomic mass is 79.9. The second-order valence-electron chi connectivity index (χ2n) is 3.47. The summed E-state index contributed by atoms with van der Waals surface area (Å²) >= 11 is 9.10. The zero-order valence-corrected chi connectivity index (χ0v) is 11.5. The van der Waals surface area contributed by atoms with E-state index in [1.165, 1.54) is 5.56 Å². The molecule has 0 unspecified atom stereocenters. The number of benzene rings is 1. The van der Waals surface area contributed by atoms with Crippen molar-refractivity contribution in [2.45, 2.75) is 19.3 Å². The summed E-state index contributed by atoms with van der Waals surface area (Å²) in [5.74, 6) is 1.81. The van der Waals surface area contributed by atoms with Crippen LogP contribution in [0.4, 0.5) is 0 Å². The lowest BCUT2D eigenvalue weighted by molar-refractivity contribution is -0.105. The number of hydrogen-bond donors (Lipinski definition) is 0. The highest BCUT2D eigenvalue weighted by Gasteiger charge is 2.14. The molecule has 0 amide bonds. The summed E-state index contributed by atoms with van der Waals surface area (Å²) in [5, 5.41) is 0.633. The Morgan fingerprint density at radius 1 is 1.25 bits per heavy atom. The van der Waals surface area contributed by atoms with Crippen molar-refractivity contribution in [3.63, 3.8) is 0 Å². The summed E-state index contributed by atoms with van der Waals surface area (Å²) in [5.41, 5.74) is 3.00. The molecule has 1 aromatic rings. The molecule has 0 aromatic heterocycles. The maximum absolute atomic E-state index is 10.8. The fourth-order valence-electron chi connectivity index (χ4n) is 1.82. The van der Waals surface area contributed by atoms with Crippen molar-refractivity contribution in [2.24, 2.45) is 0 Å². The Kier molecular flexibility index (Phi) is 5.78. The monoisotopic (exact) mass is 300 g/mol. The van der Waals surface area contributed by atoms with Gasteiger partial charge in [0.25, 0.3) is 0 Å². The van der Waals surface area contributed by atoms with Gasteiger partial charge in [-0.3, -0.25) is 4.79 Å². The van der Waals surface area contributed by atoms with Crippen LogP contribution < -0.4 is 0 Å². The summed E-state index contributed by atoms with van der Waals surface area (Å²) in [6.45, 7) is 0. The number of aryl methyl sites for hydroxylation is 1. The number of rotatable bonds is 1. The Labute approximate surface area is 110 Å². The standard InChI is InChI=1S/C12H11ClO.CH3Br/c13-12-10(8-14)6-3-5-9-4-1-2-7-11(9)12;1-2/h1-2,4,7-8H,3,5-6H2;1H3. The quantitative estimate of drug-likeness (QED) is 0.562. The van der Waals surface area contributed by atoms with E-state index in [-0.39, 0.29) is 0 Å². The van der Waals surface area contributed by atoms with Gasteiger partial charge in [0.15, 0.2) is 0 Å². The Bertz CT molecular complexity index is 399. The molecule has 0 aliphatic heterocycles. The summed E-state index contributed by atoms with van der Waals surface area (Å²) < 4.78 is 0. The highest BCUT2D eigenvalue weighted by Crippen LogP contribution is 2.31. The van der Waals surface area contributed by atoms with E-state index in [0.29, 0.717) is 5.03 Å². The number of halogens is 2. The minimum atomic E-state index is 0.633. The van der Waals surface area contributed by atoms with Gasteiger partial charge >= 0.3 is 0 Å². The highest BCUT2D eigenvalue weighted by molar-refractivity contribution is 9.08. The molecular weight excluding hydrogens is 287 g/mol. The van der Waals surface area contributed by atoms with Crippen molar-refractivity contribution >= 4 is 38.8 Å². The van der Waals surface area contributed by atoms with Gasteiger partial charge in [-0.15, -0.1) is 0 Å². The van der Waals surface area contributed by atoms with Crippen LogP contribution in [0.5, 0.6) is 0 Å². The molecule has 0 saturated heterocycles. The molecule has 0 fully saturated rings. The van der Waals surface area contributed by atoms with Crippen LogP contribution in [0.3, 0.4) is 0 Å². The third kappa shape index (κ3) is 2.96. The lowest BCUT2D eigenvalue weighted by atomic mass is 10.0. The Hall–Kier alpha value is -0.600. The lowest BCUT2D eigenvalue weighted by Crippen LogP contribution is -1.88. The number of allylic oxidation sites excluding steroid dienone is 1. The van der Waals surface area contributed by atoms with E-state index in [2.05, 4.69) is 22.0 Å². The van der Waals surface area contributed by atoms with E-state index in [0.717, 1.165) is 36.7 Å². The van der Waals surface area contributed by atoms with Crippen molar-refractivity contribution in [1.82, 2.24) is 0 Å². The van der Waals surface area contributed by atoms with Crippen LogP contribution in [0.1, 0.15) is 24.0 Å². The first kappa shape index (κ1) is 13.5. The molecule has 1 nitrogen and oxygen atoms in total. The zero-order valence-electron chi connectivity index (χ0n) is 9.17. The second-order valence-corrected chi connectivity index (χ2v) is 3.85. The van der Waals surface area contributed by atoms with Crippen LogP contribution in [0.25, 0.3) is 5.03 Å². The molecule has 86 valence electrons. The van der Waals surface area contributed by atoms with Crippen molar-refractivity contribution in [3.8, 4) is 0 Å². The molecule has 1 aliphatic carbocycles. The molecule has 0 heterocycles. The van der Waals surface area contributed by atoms with Gasteiger partial charge in [0, 0.05) is 5.57 Å². The van der Waals surface area contributed by atoms with Crippen LogP contribution in [0.15, 0.2) is 29.8 Å². The SMILES string of the molecule is CBr.O=CC1=C(Cl)c2ccccc2CCC1. The average molecular weight is 302 g/mol. The third-order valence-electron chi connectivity index (χ3n) is 2.57. The molecule has 0 atom stereocenters. The van der Waals surface area contributed by atoms with Gasteiger partial charge in [-0.05, 0) is 36.2 Å². The molecule has 0 N–H and O–H groups in total. The van der Waals surface area contributed by atoms with E-state index in [1.54, 1.807) is 0 Å². The first-order valence-corrected chi connectivity index (χ1v) is 7.09. The van der Waals surface area contributed by atoms with E-state index in [4.69, 9.17) is 11.6 Å².